The van der Waals surface area contributed by atoms with E-state index < -0.39 is 12.2 Å². The van der Waals surface area contributed by atoms with E-state index in [9.17, 15) is 13.2 Å². The molecule has 1 N–H and O–H groups in total. The van der Waals surface area contributed by atoms with Crippen LogP contribution in [0, 0.1) is 0 Å². The number of nitrogens with zero attached hydrogens (tertiary/aromatic N) is 1. The third-order valence-electron chi connectivity index (χ3n) is 3.81. The van der Waals surface area contributed by atoms with Gasteiger partial charge in [0.25, 0.3) is 0 Å². The molecule has 2 saturated heterocycles. The average Bonchev–Trinajstić information content (AvgIpc) is 2.74. The molecule has 2 aliphatic rings. The van der Waals surface area contributed by atoms with Gasteiger partial charge in [0, 0.05) is 12.1 Å². The molecule has 0 aliphatic carbocycles. The van der Waals surface area contributed by atoms with Gasteiger partial charge in [0.1, 0.15) is 6.04 Å². The molecule has 2 atom stereocenters. The van der Waals surface area contributed by atoms with E-state index in [1.807, 2.05) is 0 Å². The quantitative estimate of drug-likeness (QED) is 0.727. The first-order valence-corrected chi connectivity index (χ1v) is 5.50. The lowest BCUT2D eigenvalue weighted by atomic mass is 9.94. The summed E-state index contributed by atoms with van der Waals surface area (Å²) in [6.45, 7) is 3.43. The van der Waals surface area contributed by atoms with E-state index in [0.717, 1.165) is 25.8 Å². The van der Waals surface area contributed by atoms with Gasteiger partial charge in [0.2, 0.25) is 0 Å². The van der Waals surface area contributed by atoms with Gasteiger partial charge in [-0.1, -0.05) is 0 Å². The Hall–Kier alpha value is -0.290. The number of halogens is 3. The molecule has 5 heteroatoms. The molecule has 2 aliphatic heterocycles. The molecule has 0 bridgehead atoms. The summed E-state index contributed by atoms with van der Waals surface area (Å²) < 4.78 is 38.0. The first kappa shape index (κ1) is 11.2. The number of rotatable bonds is 1. The van der Waals surface area contributed by atoms with Crippen molar-refractivity contribution in [3.8, 4) is 0 Å². The van der Waals surface area contributed by atoms with Crippen molar-refractivity contribution >= 4 is 0 Å². The zero-order chi connectivity index (χ0) is 11.1. The molecule has 2 unspecified atom stereocenters. The van der Waals surface area contributed by atoms with E-state index >= 15 is 0 Å². The number of likely N-dealkylation sites (tertiary alicyclic amines) is 1. The lowest BCUT2D eigenvalue weighted by Crippen LogP contribution is -2.54. The van der Waals surface area contributed by atoms with E-state index in [0.29, 0.717) is 13.1 Å². The summed E-state index contributed by atoms with van der Waals surface area (Å²) in [5.41, 5.74) is -0.213. The smallest absolute Gasteiger partial charge is 0.315 e. The molecule has 15 heavy (non-hydrogen) atoms. The van der Waals surface area contributed by atoms with Crippen LogP contribution < -0.4 is 5.32 Å². The van der Waals surface area contributed by atoms with Gasteiger partial charge >= 0.3 is 6.18 Å². The van der Waals surface area contributed by atoms with Gasteiger partial charge in [-0.05, 0) is 39.3 Å². The first-order valence-electron chi connectivity index (χ1n) is 5.50. The third kappa shape index (κ3) is 1.87. The summed E-state index contributed by atoms with van der Waals surface area (Å²) in [4.78, 5) is 1.66. The summed E-state index contributed by atoms with van der Waals surface area (Å²) >= 11 is 0. The molecule has 2 rings (SSSR count). The minimum absolute atomic E-state index is 0.213. The Balaban J connectivity index is 2.14. The molecule has 2 nitrogen and oxygen atoms in total. The molecule has 0 aromatic rings. The fourth-order valence-corrected chi connectivity index (χ4v) is 2.93. The summed E-state index contributed by atoms with van der Waals surface area (Å²) in [7, 11) is 0. The van der Waals surface area contributed by atoms with Crippen LogP contribution in [-0.4, -0.2) is 42.3 Å². The minimum Gasteiger partial charge on any atom is -0.315 e. The molecule has 2 fully saturated rings. The highest BCUT2D eigenvalue weighted by atomic mass is 19.4. The van der Waals surface area contributed by atoms with Gasteiger partial charge in [-0.2, -0.15) is 13.2 Å². The van der Waals surface area contributed by atoms with Crippen molar-refractivity contribution in [2.75, 3.05) is 19.6 Å². The second-order valence-corrected chi connectivity index (χ2v) is 4.67. The fourth-order valence-electron chi connectivity index (χ4n) is 2.93. The molecule has 0 aromatic carbocycles. The van der Waals surface area contributed by atoms with Crippen LogP contribution in [0.1, 0.15) is 26.2 Å². The molecule has 0 aromatic heterocycles. The van der Waals surface area contributed by atoms with Crippen molar-refractivity contribution in [2.24, 2.45) is 0 Å². The van der Waals surface area contributed by atoms with Gasteiger partial charge in [-0.15, -0.1) is 0 Å². The zero-order valence-corrected chi connectivity index (χ0v) is 8.90. The summed E-state index contributed by atoms with van der Waals surface area (Å²) in [5, 5.41) is 3.18. The minimum atomic E-state index is -4.10. The molecule has 1 spiro atoms. The zero-order valence-electron chi connectivity index (χ0n) is 8.90. The highest BCUT2D eigenvalue weighted by molar-refractivity contribution is 5.04. The maximum absolute atomic E-state index is 12.7. The Morgan fingerprint density at radius 2 is 2.07 bits per heavy atom. The third-order valence-corrected chi connectivity index (χ3v) is 3.81. The second kappa shape index (κ2) is 3.63. The molecule has 88 valence electrons. The van der Waals surface area contributed by atoms with Crippen LogP contribution in [-0.2, 0) is 0 Å². The Morgan fingerprint density at radius 3 is 2.60 bits per heavy atom. The van der Waals surface area contributed by atoms with Crippen LogP contribution in [0.25, 0.3) is 0 Å². The maximum atomic E-state index is 12.7. The predicted molar refractivity (Wildman–Crippen MR) is 51.7 cm³/mol. The van der Waals surface area contributed by atoms with Crippen LogP contribution in [0.2, 0.25) is 0 Å². The normalized spacial score (nSPS) is 35.2. The van der Waals surface area contributed by atoms with Gasteiger partial charge in [-0.25, -0.2) is 0 Å². The van der Waals surface area contributed by atoms with Crippen LogP contribution in [0.3, 0.4) is 0 Å². The van der Waals surface area contributed by atoms with Crippen LogP contribution in [0.15, 0.2) is 0 Å². The Bertz CT molecular complexity index is 228. The standard InChI is InChI=1S/C10H17F3N2/c1-8(10(11,12)13)15-6-2-3-9(15)4-5-14-7-9/h8,14H,2-7H2,1H3. The number of hydrogen-bond acceptors (Lipinski definition) is 2. The van der Waals surface area contributed by atoms with Crippen molar-refractivity contribution < 1.29 is 13.2 Å². The first-order chi connectivity index (χ1) is 6.96. The Kier molecular flexibility index (Phi) is 2.71. The fraction of sp³-hybridized carbons (Fsp3) is 1.00. The predicted octanol–water partition coefficient (Wildman–Crippen LogP) is 1.77. The van der Waals surface area contributed by atoms with Crippen molar-refractivity contribution in [1.29, 1.82) is 0 Å². The molecule has 0 amide bonds. The summed E-state index contributed by atoms with van der Waals surface area (Å²) in [6.07, 6.45) is -1.45. The Labute approximate surface area is 87.8 Å². The average molecular weight is 222 g/mol. The van der Waals surface area contributed by atoms with Gasteiger partial charge < -0.3 is 5.32 Å². The van der Waals surface area contributed by atoms with Gasteiger partial charge in [-0.3, -0.25) is 4.90 Å². The van der Waals surface area contributed by atoms with Crippen molar-refractivity contribution in [3.05, 3.63) is 0 Å². The van der Waals surface area contributed by atoms with Gasteiger partial charge in [0.15, 0.2) is 0 Å². The van der Waals surface area contributed by atoms with Crippen molar-refractivity contribution in [3.63, 3.8) is 0 Å². The molecular formula is C10H17F3N2. The number of alkyl halides is 3. The Morgan fingerprint density at radius 1 is 1.33 bits per heavy atom. The summed E-state index contributed by atoms with van der Waals surface area (Å²) in [6, 6.07) is -1.31. The van der Waals surface area contributed by atoms with Crippen LogP contribution in [0.4, 0.5) is 13.2 Å². The van der Waals surface area contributed by atoms with E-state index in [1.165, 1.54) is 6.92 Å². The monoisotopic (exact) mass is 222 g/mol. The van der Waals surface area contributed by atoms with Gasteiger partial charge in [0.05, 0.1) is 0 Å². The van der Waals surface area contributed by atoms with Crippen molar-refractivity contribution in [2.45, 2.75) is 43.9 Å². The topological polar surface area (TPSA) is 15.3 Å². The van der Waals surface area contributed by atoms with Crippen LogP contribution >= 0.6 is 0 Å². The SMILES string of the molecule is CC(N1CCCC12CCNC2)C(F)(F)F. The lowest BCUT2D eigenvalue weighted by molar-refractivity contribution is -0.187. The van der Waals surface area contributed by atoms with E-state index in [2.05, 4.69) is 5.32 Å². The maximum Gasteiger partial charge on any atom is 0.403 e. The largest absolute Gasteiger partial charge is 0.403 e. The highest BCUT2D eigenvalue weighted by Gasteiger charge is 2.51. The highest BCUT2D eigenvalue weighted by Crippen LogP contribution is 2.39. The van der Waals surface area contributed by atoms with Crippen molar-refractivity contribution in [1.82, 2.24) is 10.2 Å². The molecule has 0 saturated carbocycles. The van der Waals surface area contributed by atoms with E-state index in [1.54, 1.807) is 4.90 Å². The number of nitrogens with one attached hydrogen (secondary N) is 1. The second-order valence-electron chi connectivity index (χ2n) is 4.67. The molecular weight excluding hydrogens is 205 g/mol. The lowest BCUT2D eigenvalue weighted by Gasteiger charge is -2.39. The molecule has 2 heterocycles. The van der Waals surface area contributed by atoms with E-state index in [-0.39, 0.29) is 5.54 Å². The summed E-state index contributed by atoms with van der Waals surface area (Å²) in [5.74, 6) is 0. The van der Waals surface area contributed by atoms with Crippen LogP contribution in [0.5, 0.6) is 0 Å². The van der Waals surface area contributed by atoms with E-state index in [4.69, 9.17) is 0 Å². The molecule has 0 radical (unpaired) electrons. The number of hydrogen-bond donors (Lipinski definition) is 1.